The molecule has 0 aliphatic heterocycles. The van der Waals surface area contributed by atoms with E-state index in [9.17, 15) is 0 Å². The lowest BCUT2D eigenvalue weighted by molar-refractivity contribution is 0.322. The summed E-state index contributed by atoms with van der Waals surface area (Å²) in [5.41, 5.74) is 1.05. The van der Waals surface area contributed by atoms with Crippen LogP contribution in [0.4, 0.5) is 0 Å². The van der Waals surface area contributed by atoms with Crippen molar-refractivity contribution in [2.24, 2.45) is 4.99 Å². The van der Waals surface area contributed by atoms with E-state index < -0.39 is 0 Å². The molecule has 1 atom stereocenters. The van der Waals surface area contributed by atoms with Crippen LogP contribution in [0.5, 0.6) is 17.2 Å². The van der Waals surface area contributed by atoms with Gasteiger partial charge in [-0.15, -0.1) is 11.3 Å². The molecule has 154 valence electrons. The van der Waals surface area contributed by atoms with E-state index in [0.717, 1.165) is 37.6 Å². The summed E-state index contributed by atoms with van der Waals surface area (Å²) in [4.78, 5) is 6.09. The standard InChI is InChI=1S/C21H31N3O3S/c1-6-22-21(24-14-15(2)18-8-7-13-28-18)23-12-11-16-9-10-17(25-3)20(27-5)19(16)26-4/h7-10,13,15H,6,11-12,14H2,1-5H3,(H2,22,23,24). The average molecular weight is 406 g/mol. The molecule has 1 unspecified atom stereocenters. The zero-order chi connectivity index (χ0) is 20.4. The molecule has 0 radical (unpaired) electrons. The van der Waals surface area contributed by atoms with Crippen molar-refractivity contribution < 1.29 is 14.2 Å². The molecule has 0 aliphatic rings. The van der Waals surface area contributed by atoms with Crippen LogP contribution in [-0.2, 0) is 6.42 Å². The second-order valence-electron chi connectivity index (χ2n) is 6.31. The third-order valence-corrected chi connectivity index (χ3v) is 5.47. The number of nitrogens with one attached hydrogen (secondary N) is 2. The van der Waals surface area contributed by atoms with Gasteiger partial charge in [-0.2, -0.15) is 0 Å². The van der Waals surface area contributed by atoms with E-state index in [0.29, 0.717) is 23.2 Å². The maximum atomic E-state index is 5.56. The SMILES string of the molecule is CCNC(=NCC(C)c1cccs1)NCCc1ccc(OC)c(OC)c1OC. The molecule has 0 saturated heterocycles. The van der Waals surface area contributed by atoms with Crippen molar-refractivity contribution in [1.29, 1.82) is 0 Å². The smallest absolute Gasteiger partial charge is 0.203 e. The fourth-order valence-electron chi connectivity index (χ4n) is 2.91. The highest BCUT2D eigenvalue weighted by molar-refractivity contribution is 7.10. The van der Waals surface area contributed by atoms with E-state index in [1.54, 1.807) is 32.7 Å². The van der Waals surface area contributed by atoms with Gasteiger partial charge in [0, 0.05) is 29.4 Å². The van der Waals surface area contributed by atoms with E-state index in [1.165, 1.54) is 4.88 Å². The van der Waals surface area contributed by atoms with Crippen LogP contribution in [0.2, 0.25) is 0 Å². The summed E-state index contributed by atoms with van der Waals surface area (Å²) in [5.74, 6) is 3.21. The summed E-state index contributed by atoms with van der Waals surface area (Å²) in [5, 5.41) is 8.81. The van der Waals surface area contributed by atoms with E-state index >= 15 is 0 Å². The van der Waals surface area contributed by atoms with Crippen LogP contribution in [0.25, 0.3) is 0 Å². The molecule has 0 amide bonds. The van der Waals surface area contributed by atoms with Crippen molar-refractivity contribution in [3.05, 3.63) is 40.1 Å². The molecule has 0 aliphatic carbocycles. The number of methoxy groups -OCH3 is 3. The molecular weight excluding hydrogens is 374 g/mol. The van der Waals surface area contributed by atoms with Crippen LogP contribution in [0, 0.1) is 0 Å². The van der Waals surface area contributed by atoms with Crippen LogP contribution >= 0.6 is 11.3 Å². The number of ether oxygens (including phenoxy) is 3. The van der Waals surface area contributed by atoms with Crippen molar-refractivity contribution in [1.82, 2.24) is 10.6 Å². The van der Waals surface area contributed by atoms with Gasteiger partial charge in [0.1, 0.15) is 0 Å². The summed E-state index contributed by atoms with van der Waals surface area (Å²) in [7, 11) is 4.88. The molecule has 2 aromatic rings. The van der Waals surface area contributed by atoms with Gasteiger partial charge in [-0.1, -0.05) is 19.1 Å². The summed E-state index contributed by atoms with van der Waals surface area (Å²) in [6.45, 7) is 6.56. The molecule has 0 saturated carbocycles. The maximum absolute atomic E-state index is 5.56. The number of guanidine groups is 1. The normalized spacial score (nSPS) is 12.4. The predicted octanol–water partition coefficient (Wildman–Crippen LogP) is 3.68. The Balaban J connectivity index is 1.99. The Labute approximate surface area is 171 Å². The largest absolute Gasteiger partial charge is 0.493 e. The van der Waals surface area contributed by atoms with Gasteiger partial charge in [-0.05, 0) is 30.9 Å². The van der Waals surface area contributed by atoms with Crippen LogP contribution in [0.1, 0.15) is 30.2 Å². The average Bonchev–Trinajstić information content (AvgIpc) is 3.26. The zero-order valence-corrected chi connectivity index (χ0v) is 18.2. The fourth-order valence-corrected chi connectivity index (χ4v) is 3.69. The molecule has 2 rings (SSSR count). The van der Waals surface area contributed by atoms with Crippen molar-refractivity contribution in [3.63, 3.8) is 0 Å². The highest BCUT2D eigenvalue weighted by atomic mass is 32.1. The first-order valence-corrected chi connectivity index (χ1v) is 10.4. The van der Waals surface area contributed by atoms with E-state index in [4.69, 9.17) is 19.2 Å². The van der Waals surface area contributed by atoms with Crippen LogP contribution in [0.3, 0.4) is 0 Å². The Morgan fingerprint density at radius 1 is 1.07 bits per heavy atom. The second kappa shape index (κ2) is 11.4. The molecule has 6 nitrogen and oxygen atoms in total. The molecular formula is C21H31N3O3S. The van der Waals surface area contributed by atoms with E-state index in [1.807, 2.05) is 12.1 Å². The molecule has 0 fully saturated rings. The summed E-state index contributed by atoms with van der Waals surface area (Å²) >= 11 is 1.78. The van der Waals surface area contributed by atoms with Gasteiger partial charge in [0.25, 0.3) is 0 Å². The van der Waals surface area contributed by atoms with E-state index in [2.05, 4.69) is 42.0 Å². The third kappa shape index (κ3) is 5.79. The number of nitrogens with zero attached hydrogens (tertiary/aromatic N) is 1. The minimum Gasteiger partial charge on any atom is -0.493 e. The number of thiophene rings is 1. The lowest BCUT2D eigenvalue weighted by Crippen LogP contribution is -2.38. The molecule has 0 bridgehead atoms. The van der Waals surface area contributed by atoms with Gasteiger partial charge in [0.2, 0.25) is 5.75 Å². The number of hydrogen-bond donors (Lipinski definition) is 2. The molecule has 7 heteroatoms. The quantitative estimate of drug-likeness (QED) is 0.466. The minimum atomic E-state index is 0.404. The minimum absolute atomic E-state index is 0.404. The summed E-state index contributed by atoms with van der Waals surface area (Å²) in [6.07, 6.45) is 0.772. The number of benzene rings is 1. The lowest BCUT2D eigenvalue weighted by atomic mass is 10.1. The first kappa shape index (κ1) is 21.9. The van der Waals surface area contributed by atoms with Crippen molar-refractivity contribution >= 4 is 17.3 Å². The Bertz CT molecular complexity index is 748. The topological polar surface area (TPSA) is 64.1 Å². The number of hydrogen-bond acceptors (Lipinski definition) is 5. The summed E-state index contributed by atoms with van der Waals surface area (Å²) < 4.78 is 16.4. The van der Waals surface area contributed by atoms with Crippen LogP contribution in [-0.4, -0.2) is 46.9 Å². The summed E-state index contributed by atoms with van der Waals surface area (Å²) in [6, 6.07) is 8.15. The van der Waals surface area contributed by atoms with Gasteiger partial charge in [-0.25, -0.2) is 0 Å². The second-order valence-corrected chi connectivity index (χ2v) is 7.29. The molecule has 28 heavy (non-hydrogen) atoms. The van der Waals surface area contributed by atoms with Crippen molar-refractivity contribution in [2.75, 3.05) is 41.0 Å². The van der Waals surface area contributed by atoms with Crippen LogP contribution < -0.4 is 24.8 Å². The number of aliphatic imine (C=N–C) groups is 1. The highest BCUT2D eigenvalue weighted by Crippen LogP contribution is 2.39. The van der Waals surface area contributed by atoms with Gasteiger partial charge in [0.05, 0.1) is 27.9 Å². The molecule has 1 heterocycles. The van der Waals surface area contributed by atoms with Gasteiger partial charge < -0.3 is 24.8 Å². The van der Waals surface area contributed by atoms with Gasteiger partial charge >= 0.3 is 0 Å². The first-order chi connectivity index (χ1) is 13.6. The van der Waals surface area contributed by atoms with Gasteiger partial charge in [-0.3, -0.25) is 4.99 Å². The number of rotatable bonds is 10. The van der Waals surface area contributed by atoms with Gasteiger partial charge in [0.15, 0.2) is 17.5 Å². The Hall–Kier alpha value is -2.41. The van der Waals surface area contributed by atoms with Crippen molar-refractivity contribution in [3.8, 4) is 17.2 Å². The predicted molar refractivity (Wildman–Crippen MR) is 117 cm³/mol. The van der Waals surface area contributed by atoms with Crippen LogP contribution in [0.15, 0.2) is 34.6 Å². The third-order valence-electron chi connectivity index (χ3n) is 4.37. The fraction of sp³-hybridized carbons (Fsp3) is 0.476. The molecule has 1 aromatic heterocycles. The lowest BCUT2D eigenvalue weighted by Gasteiger charge is -2.17. The van der Waals surface area contributed by atoms with Crippen molar-refractivity contribution in [2.45, 2.75) is 26.2 Å². The zero-order valence-electron chi connectivity index (χ0n) is 17.4. The Morgan fingerprint density at radius 3 is 2.46 bits per heavy atom. The monoisotopic (exact) mass is 405 g/mol. The molecule has 0 spiro atoms. The first-order valence-electron chi connectivity index (χ1n) is 9.47. The Kier molecular flexibility index (Phi) is 8.94. The molecule has 1 aromatic carbocycles. The van der Waals surface area contributed by atoms with E-state index in [-0.39, 0.29) is 0 Å². The Morgan fingerprint density at radius 2 is 1.86 bits per heavy atom. The maximum Gasteiger partial charge on any atom is 0.203 e. The molecule has 2 N–H and O–H groups in total. The highest BCUT2D eigenvalue weighted by Gasteiger charge is 2.15.